The molecule has 1 aliphatic heterocycles. The predicted octanol–water partition coefficient (Wildman–Crippen LogP) is 2.74. The summed E-state index contributed by atoms with van der Waals surface area (Å²) in [4.78, 5) is 30.9. The lowest BCUT2D eigenvalue weighted by Gasteiger charge is -2.38. The number of nitrogens with one attached hydrogen (secondary N) is 1. The quantitative estimate of drug-likeness (QED) is 0.740. The standard InChI is InChI=1S/C24H31FN4O2/c1-18-8-10-21(11-9-18)26-23(30)17-27(3)24(31)19(2)29-14-12-28(13-15-29)16-20-6-4-5-7-22(20)25/h4-11,19H,12-17H2,1-3H3,(H,26,30). The van der Waals surface area contributed by atoms with Crippen LogP contribution in [0.25, 0.3) is 0 Å². The van der Waals surface area contributed by atoms with Gasteiger partial charge in [0.15, 0.2) is 0 Å². The molecule has 1 heterocycles. The van der Waals surface area contributed by atoms with Crippen LogP contribution >= 0.6 is 0 Å². The van der Waals surface area contributed by atoms with Crippen molar-refractivity contribution in [1.29, 1.82) is 0 Å². The zero-order chi connectivity index (χ0) is 22.4. The third kappa shape index (κ3) is 6.35. The Morgan fingerprint density at radius 3 is 2.35 bits per heavy atom. The topological polar surface area (TPSA) is 55.9 Å². The summed E-state index contributed by atoms with van der Waals surface area (Å²) in [6.45, 7) is 7.43. The normalized spacial score (nSPS) is 16.0. The first-order chi connectivity index (χ1) is 14.8. The highest BCUT2D eigenvalue weighted by atomic mass is 19.1. The Morgan fingerprint density at radius 2 is 1.71 bits per heavy atom. The molecule has 0 bridgehead atoms. The summed E-state index contributed by atoms with van der Waals surface area (Å²) in [5.41, 5.74) is 2.53. The van der Waals surface area contributed by atoms with Gasteiger partial charge < -0.3 is 10.2 Å². The SMILES string of the molecule is Cc1ccc(NC(=O)CN(C)C(=O)C(C)N2CCN(Cc3ccccc3F)CC2)cc1. The summed E-state index contributed by atoms with van der Waals surface area (Å²) in [5, 5.41) is 2.82. The third-order valence-electron chi connectivity index (χ3n) is 5.76. The molecule has 1 N–H and O–H groups in total. The van der Waals surface area contributed by atoms with E-state index in [1.54, 1.807) is 13.1 Å². The average Bonchev–Trinajstić information content (AvgIpc) is 2.76. The summed E-state index contributed by atoms with van der Waals surface area (Å²) in [7, 11) is 1.65. The van der Waals surface area contributed by atoms with Crippen LogP contribution < -0.4 is 5.32 Å². The number of piperazine rings is 1. The van der Waals surface area contributed by atoms with Gasteiger partial charge in [-0.15, -0.1) is 0 Å². The molecule has 166 valence electrons. The van der Waals surface area contributed by atoms with Crippen molar-refractivity contribution in [1.82, 2.24) is 14.7 Å². The van der Waals surface area contributed by atoms with Crippen molar-refractivity contribution >= 4 is 17.5 Å². The Kier molecular flexibility index (Phi) is 7.76. The summed E-state index contributed by atoms with van der Waals surface area (Å²) >= 11 is 0. The van der Waals surface area contributed by atoms with Crippen LogP contribution in [-0.4, -0.2) is 72.3 Å². The van der Waals surface area contributed by atoms with E-state index in [9.17, 15) is 14.0 Å². The molecule has 2 amide bonds. The van der Waals surface area contributed by atoms with Gasteiger partial charge in [0.25, 0.3) is 0 Å². The number of nitrogens with zero attached hydrogens (tertiary/aromatic N) is 3. The van der Waals surface area contributed by atoms with Crippen LogP contribution in [0.1, 0.15) is 18.1 Å². The van der Waals surface area contributed by atoms with E-state index in [1.165, 1.54) is 11.0 Å². The molecule has 7 heteroatoms. The highest BCUT2D eigenvalue weighted by Crippen LogP contribution is 2.14. The lowest BCUT2D eigenvalue weighted by atomic mass is 10.1. The van der Waals surface area contributed by atoms with Crippen molar-refractivity contribution in [2.75, 3.05) is 45.1 Å². The van der Waals surface area contributed by atoms with Crippen molar-refractivity contribution < 1.29 is 14.0 Å². The molecule has 0 saturated carbocycles. The first-order valence-corrected chi connectivity index (χ1v) is 10.6. The number of aryl methyl sites for hydroxylation is 1. The molecule has 1 saturated heterocycles. The molecule has 0 aromatic heterocycles. The molecular weight excluding hydrogens is 395 g/mol. The smallest absolute Gasteiger partial charge is 0.243 e. The monoisotopic (exact) mass is 426 g/mol. The van der Waals surface area contributed by atoms with Gasteiger partial charge in [-0.05, 0) is 32.0 Å². The molecule has 3 rings (SSSR count). The van der Waals surface area contributed by atoms with Crippen molar-refractivity contribution in [2.24, 2.45) is 0 Å². The second kappa shape index (κ2) is 10.5. The van der Waals surface area contributed by atoms with Crippen LogP contribution in [0.15, 0.2) is 48.5 Å². The number of halogens is 1. The Bertz CT molecular complexity index is 895. The maximum Gasteiger partial charge on any atom is 0.243 e. The summed E-state index contributed by atoms with van der Waals surface area (Å²) in [6.07, 6.45) is 0. The van der Waals surface area contributed by atoms with Gasteiger partial charge in [0.05, 0.1) is 12.6 Å². The van der Waals surface area contributed by atoms with Crippen molar-refractivity contribution in [3.05, 3.63) is 65.5 Å². The van der Waals surface area contributed by atoms with Gasteiger partial charge in [-0.25, -0.2) is 4.39 Å². The van der Waals surface area contributed by atoms with Crippen LogP contribution in [0.2, 0.25) is 0 Å². The van der Waals surface area contributed by atoms with E-state index in [1.807, 2.05) is 50.2 Å². The number of carbonyl (C=O) groups is 2. The first kappa shape index (κ1) is 22.9. The molecule has 6 nitrogen and oxygen atoms in total. The Balaban J connectivity index is 1.45. The summed E-state index contributed by atoms with van der Waals surface area (Å²) in [5.74, 6) is -0.484. The zero-order valence-electron chi connectivity index (χ0n) is 18.5. The maximum atomic E-state index is 13.9. The molecule has 1 atom stereocenters. The van der Waals surface area contributed by atoms with E-state index in [2.05, 4.69) is 15.1 Å². The number of hydrogen-bond donors (Lipinski definition) is 1. The van der Waals surface area contributed by atoms with Crippen LogP contribution in [0.4, 0.5) is 10.1 Å². The number of anilines is 1. The van der Waals surface area contributed by atoms with Crippen LogP contribution in [0.5, 0.6) is 0 Å². The fraction of sp³-hybridized carbons (Fsp3) is 0.417. The molecule has 0 spiro atoms. The number of likely N-dealkylation sites (N-methyl/N-ethyl adjacent to an activating group) is 1. The Hall–Kier alpha value is -2.77. The molecule has 1 aliphatic rings. The van der Waals surface area contributed by atoms with Crippen molar-refractivity contribution in [2.45, 2.75) is 26.4 Å². The van der Waals surface area contributed by atoms with E-state index in [-0.39, 0.29) is 30.2 Å². The first-order valence-electron chi connectivity index (χ1n) is 10.6. The molecule has 2 aromatic carbocycles. The predicted molar refractivity (Wildman–Crippen MR) is 120 cm³/mol. The highest BCUT2D eigenvalue weighted by Gasteiger charge is 2.28. The molecule has 31 heavy (non-hydrogen) atoms. The molecule has 2 aromatic rings. The molecule has 1 unspecified atom stereocenters. The minimum atomic E-state index is -0.312. The third-order valence-corrected chi connectivity index (χ3v) is 5.76. The molecule has 1 fully saturated rings. The summed E-state index contributed by atoms with van der Waals surface area (Å²) in [6, 6.07) is 14.1. The fourth-order valence-corrected chi connectivity index (χ4v) is 3.78. The molecule has 0 radical (unpaired) electrons. The minimum Gasteiger partial charge on any atom is -0.335 e. The summed E-state index contributed by atoms with van der Waals surface area (Å²) < 4.78 is 13.9. The van der Waals surface area contributed by atoms with Crippen LogP contribution in [0.3, 0.4) is 0 Å². The van der Waals surface area contributed by atoms with Gasteiger partial charge in [0.1, 0.15) is 5.82 Å². The number of carbonyl (C=O) groups excluding carboxylic acids is 2. The zero-order valence-corrected chi connectivity index (χ0v) is 18.5. The van der Waals surface area contributed by atoms with Crippen LogP contribution in [-0.2, 0) is 16.1 Å². The second-order valence-corrected chi connectivity index (χ2v) is 8.19. The van der Waals surface area contributed by atoms with E-state index in [0.29, 0.717) is 12.1 Å². The van der Waals surface area contributed by atoms with Gasteiger partial charge in [-0.2, -0.15) is 0 Å². The maximum absolute atomic E-state index is 13.9. The number of amides is 2. The van der Waals surface area contributed by atoms with Crippen LogP contribution in [0, 0.1) is 12.7 Å². The van der Waals surface area contributed by atoms with Gasteiger partial charge in [0.2, 0.25) is 11.8 Å². The van der Waals surface area contributed by atoms with Crippen molar-refractivity contribution in [3.63, 3.8) is 0 Å². The van der Waals surface area contributed by atoms with Gasteiger partial charge in [0, 0.05) is 51.0 Å². The van der Waals surface area contributed by atoms with E-state index in [4.69, 9.17) is 0 Å². The van der Waals surface area contributed by atoms with Crippen molar-refractivity contribution in [3.8, 4) is 0 Å². The molecular formula is C24H31FN4O2. The number of benzene rings is 2. The minimum absolute atomic E-state index is 0.00426. The Labute approximate surface area is 183 Å². The number of hydrogen-bond acceptors (Lipinski definition) is 4. The largest absolute Gasteiger partial charge is 0.335 e. The van der Waals surface area contributed by atoms with E-state index >= 15 is 0 Å². The Morgan fingerprint density at radius 1 is 1.06 bits per heavy atom. The van der Waals surface area contributed by atoms with E-state index in [0.717, 1.165) is 37.4 Å². The highest BCUT2D eigenvalue weighted by molar-refractivity contribution is 5.95. The average molecular weight is 427 g/mol. The second-order valence-electron chi connectivity index (χ2n) is 8.19. The molecule has 0 aliphatic carbocycles. The lowest BCUT2D eigenvalue weighted by molar-refractivity contribution is -0.138. The number of rotatable bonds is 7. The van der Waals surface area contributed by atoms with Gasteiger partial charge in [-0.1, -0.05) is 35.9 Å². The van der Waals surface area contributed by atoms with E-state index < -0.39 is 0 Å². The van der Waals surface area contributed by atoms with Gasteiger partial charge in [-0.3, -0.25) is 19.4 Å². The fourth-order valence-electron chi connectivity index (χ4n) is 3.78. The van der Waals surface area contributed by atoms with Gasteiger partial charge >= 0.3 is 0 Å². The lowest BCUT2D eigenvalue weighted by Crippen LogP contribution is -2.54.